The minimum Gasteiger partial charge on any atom is -0.363 e. The standard InChI is InChI=1S/C6H15NO/c1-6(2)8-5-7(3)4/h6H,5H2,1-4H3. The summed E-state index contributed by atoms with van der Waals surface area (Å²) in [7, 11) is 3.98. The van der Waals surface area contributed by atoms with E-state index in [0.29, 0.717) is 6.10 Å². The van der Waals surface area contributed by atoms with Crippen LogP contribution in [-0.2, 0) is 4.74 Å². The van der Waals surface area contributed by atoms with Gasteiger partial charge in [-0.25, -0.2) is 0 Å². The lowest BCUT2D eigenvalue weighted by Crippen LogP contribution is -2.18. The molecular formula is C6H15NO. The molecule has 0 aliphatic heterocycles. The number of hydrogen-bond donors (Lipinski definition) is 0. The van der Waals surface area contributed by atoms with Crippen LogP contribution >= 0.6 is 0 Å². The molecule has 0 bridgehead atoms. The van der Waals surface area contributed by atoms with Gasteiger partial charge in [0, 0.05) is 0 Å². The predicted molar refractivity (Wildman–Crippen MR) is 34.8 cm³/mol. The average molecular weight is 117 g/mol. The van der Waals surface area contributed by atoms with E-state index in [4.69, 9.17) is 4.74 Å². The summed E-state index contributed by atoms with van der Waals surface area (Å²) in [6.45, 7) is 4.78. The Kier molecular flexibility index (Phi) is 3.83. The van der Waals surface area contributed by atoms with Crippen LogP contribution in [0.25, 0.3) is 0 Å². The molecule has 2 nitrogen and oxygen atoms in total. The first kappa shape index (κ1) is 7.92. The molecule has 50 valence electrons. The maximum Gasteiger partial charge on any atom is 0.0988 e. The summed E-state index contributed by atoms with van der Waals surface area (Å²) in [5.74, 6) is 0. The molecular weight excluding hydrogens is 102 g/mol. The first-order valence-corrected chi connectivity index (χ1v) is 2.89. The molecule has 0 radical (unpaired) electrons. The van der Waals surface area contributed by atoms with Crippen LogP contribution in [0.3, 0.4) is 0 Å². The maximum atomic E-state index is 5.23. The fraction of sp³-hybridized carbons (Fsp3) is 1.00. The van der Waals surface area contributed by atoms with Crippen molar-refractivity contribution in [2.75, 3.05) is 20.8 Å². The zero-order chi connectivity index (χ0) is 6.57. The summed E-state index contributed by atoms with van der Waals surface area (Å²) in [6, 6.07) is 0. The molecule has 0 aliphatic carbocycles. The van der Waals surface area contributed by atoms with Crippen LogP contribution in [0.5, 0.6) is 0 Å². The predicted octanol–water partition coefficient (Wildman–Crippen LogP) is 0.930. The normalized spacial score (nSPS) is 11.2. The summed E-state index contributed by atoms with van der Waals surface area (Å²) < 4.78 is 5.23. The van der Waals surface area contributed by atoms with Crippen LogP contribution in [0.1, 0.15) is 13.8 Å². The zero-order valence-electron chi connectivity index (χ0n) is 6.14. The summed E-state index contributed by atoms with van der Waals surface area (Å²) in [6.07, 6.45) is 0.345. The molecule has 0 unspecified atom stereocenters. The van der Waals surface area contributed by atoms with E-state index in [1.165, 1.54) is 0 Å². The first-order chi connectivity index (χ1) is 3.63. The van der Waals surface area contributed by atoms with Crippen molar-refractivity contribution in [2.24, 2.45) is 0 Å². The molecule has 0 heterocycles. The molecule has 0 aliphatic rings. The van der Waals surface area contributed by atoms with Gasteiger partial charge in [0.1, 0.15) is 0 Å². The van der Waals surface area contributed by atoms with Crippen LogP contribution in [0.4, 0.5) is 0 Å². The third kappa shape index (κ3) is 5.92. The Bertz CT molecular complexity index is 44.5. The Morgan fingerprint density at radius 3 is 2.00 bits per heavy atom. The fourth-order valence-electron chi connectivity index (χ4n) is 0.298. The van der Waals surface area contributed by atoms with E-state index in [9.17, 15) is 0 Å². The Labute approximate surface area is 51.4 Å². The molecule has 0 aromatic rings. The van der Waals surface area contributed by atoms with E-state index in [0.717, 1.165) is 6.73 Å². The monoisotopic (exact) mass is 117 g/mol. The largest absolute Gasteiger partial charge is 0.363 e. The molecule has 0 N–H and O–H groups in total. The van der Waals surface area contributed by atoms with E-state index in [1.807, 2.05) is 32.8 Å². The third-order valence-electron chi connectivity index (χ3n) is 0.666. The highest BCUT2D eigenvalue weighted by molar-refractivity contribution is 4.34. The molecule has 2 heteroatoms. The maximum absolute atomic E-state index is 5.23. The van der Waals surface area contributed by atoms with E-state index < -0.39 is 0 Å². The van der Waals surface area contributed by atoms with E-state index >= 15 is 0 Å². The van der Waals surface area contributed by atoms with Gasteiger partial charge in [0.05, 0.1) is 12.8 Å². The highest BCUT2D eigenvalue weighted by Crippen LogP contribution is 1.86. The van der Waals surface area contributed by atoms with Crippen molar-refractivity contribution in [3.05, 3.63) is 0 Å². The van der Waals surface area contributed by atoms with Crippen LogP contribution < -0.4 is 0 Å². The van der Waals surface area contributed by atoms with E-state index in [2.05, 4.69) is 0 Å². The Hall–Kier alpha value is -0.0800. The lowest BCUT2D eigenvalue weighted by Gasteiger charge is -2.12. The van der Waals surface area contributed by atoms with E-state index in [-0.39, 0.29) is 0 Å². The molecule has 0 fully saturated rings. The Morgan fingerprint density at radius 1 is 1.38 bits per heavy atom. The second kappa shape index (κ2) is 3.87. The highest BCUT2D eigenvalue weighted by Gasteiger charge is 1.91. The van der Waals surface area contributed by atoms with Gasteiger partial charge >= 0.3 is 0 Å². The zero-order valence-corrected chi connectivity index (χ0v) is 6.14. The SMILES string of the molecule is CC(C)OCN(C)C. The van der Waals surface area contributed by atoms with Gasteiger partial charge in [-0.15, -0.1) is 0 Å². The first-order valence-electron chi connectivity index (χ1n) is 2.89. The molecule has 0 aromatic heterocycles. The molecule has 0 amide bonds. The minimum atomic E-state index is 0.345. The lowest BCUT2D eigenvalue weighted by molar-refractivity contribution is 0.0152. The van der Waals surface area contributed by atoms with Gasteiger partial charge in [-0.1, -0.05) is 0 Å². The molecule has 0 saturated heterocycles. The Morgan fingerprint density at radius 2 is 1.88 bits per heavy atom. The second-order valence-corrected chi connectivity index (χ2v) is 2.42. The van der Waals surface area contributed by atoms with Gasteiger partial charge in [-0.3, -0.25) is 4.90 Å². The summed E-state index contributed by atoms with van der Waals surface area (Å²) in [4.78, 5) is 2.00. The minimum absolute atomic E-state index is 0.345. The molecule has 0 aromatic carbocycles. The topological polar surface area (TPSA) is 12.5 Å². The number of ether oxygens (including phenoxy) is 1. The van der Waals surface area contributed by atoms with Crippen LogP contribution in [0, 0.1) is 0 Å². The second-order valence-electron chi connectivity index (χ2n) is 2.42. The van der Waals surface area contributed by atoms with Gasteiger partial charge < -0.3 is 4.74 Å². The van der Waals surface area contributed by atoms with Crippen molar-refractivity contribution >= 4 is 0 Å². The Balaban J connectivity index is 2.93. The smallest absolute Gasteiger partial charge is 0.0988 e. The quantitative estimate of drug-likeness (QED) is 0.510. The number of hydrogen-bond acceptors (Lipinski definition) is 2. The molecule has 0 rings (SSSR count). The van der Waals surface area contributed by atoms with Gasteiger partial charge in [0.2, 0.25) is 0 Å². The summed E-state index contributed by atoms with van der Waals surface area (Å²) in [5, 5.41) is 0. The lowest BCUT2D eigenvalue weighted by atomic mass is 10.5. The molecule has 8 heavy (non-hydrogen) atoms. The molecule has 0 spiro atoms. The van der Waals surface area contributed by atoms with Crippen molar-refractivity contribution in [1.29, 1.82) is 0 Å². The van der Waals surface area contributed by atoms with Crippen molar-refractivity contribution in [3.8, 4) is 0 Å². The van der Waals surface area contributed by atoms with Crippen molar-refractivity contribution < 1.29 is 4.74 Å². The van der Waals surface area contributed by atoms with Gasteiger partial charge in [-0.05, 0) is 27.9 Å². The average Bonchev–Trinajstić information content (AvgIpc) is 1.61. The van der Waals surface area contributed by atoms with Crippen LogP contribution in [0.2, 0.25) is 0 Å². The van der Waals surface area contributed by atoms with Crippen molar-refractivity contribution in [1.82, 2.24) is 4.90 Å². The van der Waals surface area contributed by atoms with Crippen LogP contribution in [-0.4, -0.2) is 31.8 Å². The number of nitrogens with zero attached hydrogens (tertiary/aromatic N) is 1. The highest BCUT2D eigenvalue weighted by atomic mass is 16.5. The van der Waals surface area contributed by atoms with Gasteiger partial charge in [0.25, 0.3) is 0 Å². The summed E-state index contributed by atoms with van der Waals surface area (Å²) >= 11 is 0. The third-order valence-corrected chi connectivity index (χ3v) is 0.666. The number of rotatable bonds is 3. The van der Waals surface area contributed by atoms with Crippen molar-refractivity contribution in [3.63, 3.8) is 0 Å². The fourth-order valence-corrected chi connectivity index (χ4v) is 0.298. The molecule has 0 atom stereocenters. The van der Waals surface area contributed by atoms with Gasteiger partial charge in [-0.2, -0.15) is 0 Å². The molecule has 0 saturated carbocycles. The van der Waals surface area contributed by atoms with Gasteiger partial charge in [0.15, 0.2) is 0 Å². The van der Waals surface area contributed by atoms with Crippen LogP contribution in [0.15, 0.2) is 0 Å². The summed E-state index contributed by atoms with van der Waals surface area (Å²) in [5.41, 5.74) is 0. The van der Waals surface area contributed by atoms with E-state index in [1.54, 1.807) is 0 Å². The van der Waals surface area contributed by atoms with Crippen molar-refractivity contribution in [2.45, 2.75) is 20.0 Å².